The van der Waals surface area contributed by atoms with E-state index in [-0.39, 0.29) is 12.5 Å². The molecule has 110 valence electrons. The molecule has 0 aliphatic carbocycles. The Hall–Kier alpha value is -2.22. The lowest BCUT2D eigenvalue weighted by molar-refractivity contribution is 0.0428. The van der Waals surface area contributed by atoms with Crippen molar-refractivity contribution in [2.45, 2.75) is 6.61 Å². The minimum absolute atomic E-state index is 0.0519. The first kappa shape index (κ1) is 14.7. The van der Waals surface area contributed by atoms with Gasteiger partial charge >= 0.3 is 5.97 Å². The highest BCUT2D eigenvalue weighted by Gasteiger charge is 2.14. The number of carbonyl (C=O) groups is 1. The van der Waals surface area contributed by atoms with Crippen LogP contribution < -0.4 is 0 Å². The van der Waals surface area contributed by atoms with E-state index in [1.807, 2.05) is 42.5 Å². The second-order valence-electron chi connectivity index (χ2n) is 4.43. The molecule has 0 amide bonds. The van der Waals surface area contributed by atoms with Crippen LogP contribution in [-0.2, 0) is 11.3 Å². The van der Waals surface area contributed by atoms with Crippen LogP contribution in [0.25, 0.3) is 11.4 Å². The molecule has 0 unspecified atom stereocenters. The van der Waals surface area contributed by atoms with Crippen LogP contribution in [-0.4, -0.2) is 16.1 Å². The normalized spacial score (nSPS) is 10.4. The average Bonchev–Trinajstić information content (AvgIpc) is 3.03. The van der Waals surface area contributed by atoms with Crippen LogP contribution in [0.1, 0.15) is 16.2 Å². The van der Waals surface area contributed by atoms with E-state index >= 15 is 0 Å². The number of nitrogens with zero attached hydrogens (tertiary/aromatic N) is 2. The van der Waals surface area contributed by atoms with Gasteiger partial charge in [-0.25, -0.2) is 4.79 Å². The first-order valence-corrected chi connectivity index (χ1v) is 7.61. The molecule has 0 atom stereocenters. The summed E-state index contributed by atoms with van der Waals surface area (Å²) >= 11 is 2.09. The maximum Gasteiger partial charge on any atom is 0.339 e. The molecule has 0 aliphatic heterocycles. The van der Waals surface area contributed by atoms with Crippen molar-refractivity contribution in [3.63, 3.8) is 0 Å². The third-order valence-electron chi connectivity index (χ3n) is 2.92. The summed E-state index contributed by atoms with van der Waals surface area (Å²) in [6.45, 7) is -0.0519. The summed E-state index contributed by atoms with van der Waals surface area (Å²) in [5.41, 5.74) is 1.37. The summed E-state index contributed by atoms with van der Waals surface area (Å²) < 4.78 is 11.1. The van der Waals surface area contributed by atoms with E-state index in [0.29, 0.717) is 11.4 Å². The van der Waals surface area contributed by atoms with Crippen molar-refractivity contribution in [3.05, 3.63) is 69.6 Å². The lowest BCUT2D eigenvalue weighted by atomic mass is 10.2. The topological polar surface area (TPSA) is 65.2 Å². The van der Waals surface area contributed by atoms with E-state index in [4.69, 9.17) is 9.26 Å². The number of hydrogen-bond donors (Lipinski definition) is 0. The van der Waals surface area contributed by atoms with Gasteiger partial charge < -0.3 is 9.26 Å². The molecule has 0 spiro atoms. The van der Waals surface area contributed by atoms with E-state index in [9.17, 15) is 4.79 Å². The SMILES string of the molecule is O=C(OCc1nc(-c2ccccc2)no1)c1ccccc1I. The Balaban J connectivity index is 1.67. The Bertz CT molecular complexity index is 787. The van der Waals surface area contributed by atoms with E-state index in [1.165, 1.54) is 0 Å². The molecule has 6 heteroatoms. The molecular weight excluding hydrogens is 395 g/mol. The van der Waals surface area contributed by atoms with Crippen LogP contribution >= 0.6 is 22.6 Å². The predicted octanol–water partition coefficient (Wildman–Crippen LogP) is 3.70. The van der Waals surface area contributed by atoms with Crippen molar-refractivity contribution in [2.75, 3.05) is 0 Å². The molecule has 0 N–H and O–H groups in total. The fourth-order valence-corrected chi connectivity index (χ4v) is 2.46. The van der Waals surface area contributed by atoms with Gasteiger partial charge in [0.1, 0.15) is 0 Å². The van der Waals surface area contributed by atoms with Crippen molar-refractivity contribution in [1.29, 1.82) is 0 Å². The van der Waals surface area contributed by atoms with Crippen molar-refractivity contribution in [1.82, 2.24) is 10.1 Å². The number of carbonyl (C=O) groups excluding carboxylic acids is 1. The van der Waals surface area contributed by atoms with Gasteiger partial charge in [-0.05, 0) is 34.7 Å². The number of hydrogen-bond acceptors (Lipinski definition) is 5. The van der Waals surface area contributed by atoms with Gasteiger partial charge in [0, 0.05) is 9.13 Å². The third kappa shape index (κ3) is 3.33. The lowest BCUT2D eigenvalue weighted by Crippen LogP contribution is -2.07. The van der Waals surface area contributed by atoms with Crippen LogP contribution in [0.5, 0.6) is 0 Å². The molecule has 5 nitrogen and oxygen atoms in total. The first-order chi connectivity index (χ1) is 10.7. The number of aromatic nitrogens is 2. The number of benzene rings is 2. The minimum atomic E-state index is -0.413. The Morgan fingerprint density at radius 2 is 1.82 bits per heavy atom. The van der Waals surface area contributed by atoms with E-state index < -0.39 is 5.97 Å². The Morgan fingerprint density at radius 1 is 1.09 bits per heavy atom. The molecule has 0 aliphatic rings. The predicted molar refractivity (Wildman–Crippen MR) is 88.0 cm³/mol. The molecule has 3 aromatic rings. The average molecular weight is 406 g/mol. The summed E-state index contributed by atoms with van der Waals surface area (Å²) in [6, 6.07) is 16.7. The summed E-state index contributed by atoms with van der Waals surface area (Å²) in [4.78, 5) is 16.2. The quantitative estimate of drug-likeness (QED) is 0.489. The van der Waals surface area contributed by atoms with Crippen molar-refractivity contribution >= 4 is 28.6 Å². The second kappa shape index (κ2) is 6.69. The van der Waals surface area contributed by atoms with Crippen LogP contribution in [0.2, 0.25) is 0 Å². The van der Waals surface area contributed by atoms with Crippen LogP contribution in [0.3, 0.4) is 0 Å². The van der Waals surface area contributed by atoms with E-state index in [1.54, 1.807) is 12.1 Å². The highest BCUT2D eigenvalue weighted by Crippen LogP contribution is 2.16. The number of rotatable bonds is 4. The highest BCUT2D eigenvalue weighted by molar-refractivity contribution is 14.1. The van der Waals surface area contributed by atoms with Gasteiger partial charge in [-0.15, -0.1) is 0 Å². The maximum atomic E-state index is 12.0. The molecule has 22 heavy (non-hydrogen) atoms. The van der Waals surface area contributed by atoms with E-state index in [2.05, 4.69) is 32.7 Å². The van der Waals surface area contributed by atoms with Gasteiger partial charge in [-0.1, -0.05) is 47.6 Å². The van der Waals surface area contributed by atoms with Crippen molar-refractivity contribution < 1.29 is 14.1 Å². The number of halogens is 1. The molecule has 0 saturated heterocycles. The smallest absolute Gasteiger partial charge is 0.339 e. The molecule has 0 bridgehead atoms. The Labute approximate surface area is 140 Å². The molecular formula is C16H11IN2O3. The van der Waals surface area contributed by atoms with Gasteiger partial charge in [0.25, 0.3) is 5.89 Å². The Kier molecular flexibility index (Phi) is 4.47. The summed E-state index contributed by atoms with van der Waals surface area (Å²) in [5, 5.41) is 3.88. The van der Waals surface area contributed by atoms with Crippen molar-refractivity contribution in [3.8, 4) is 11.4 Å². The Morgan fingerprint density at radius 3 is 2.59 bits per heavy atom. The first-order valence-electron chi connectivity index (χ1n) is 6.54. The maximum absolute atomic E-state index is 12.0. The molecule has 3 rings (SSSR count). The highest BCUT2D eigenvalue weighted by atomic mass is 127. The largest absolute Gasteiger partial charge is 0.452 e. The molecule has 1 heterocycles. The fraction of sp³-hybridized carbons (Fsp3) is 0.0625. The standard InChI is InChI=1S/C16H11IN2O3/c17-13-9-5-4-8-12(13)16(20)21-10-14-18-15(19-22-14)11-6-2-1-3-7-11/h1-9H,10H2. The summed E-state index contributed by atoms with van der Waals surface area (Å²) in [6.07, 6.45) is 0. The summed E-state index contributed by atoms with van der Waals surface area (Å²) in [7, 11) is 0. The zero-order valence-corrected chi connectivity index (χ0v) is 13.6. The van der Waals surface area contributed by atoms with Gasteiger partial charge in [0.15, 0.2) is 6.61 Å². The van der Waals surface area contributed by atoms with Gasteiger partial charge in [-0.2, -0.15) is 4.98 Å². The van der Waals surface area contributed by atoms with Gasteiger partial charge in [0.05, 0.1) is 5.56 Å². The fourth-order valence-electron chi connectivity index (χ4n) is 1.85. The third-order valence-corrected chi connectivity index (χ3v) is 3.86. The molecule has 1 aromatic heterocycles. The molecule has 2 aromatic carbocycles. The molecule has 0 fully saturated rings. The van der Waals surface area contributed by atoms with Crippen LogP contribution in [0, 0.1) is 3.57 Å². The zero-order valence-electron chi connectivity index (χ0n) is 11.4. The van der Waals surface area contributed by atoms with Gasteiger partial charge in [0.2, 0.25) is 5.82 Å². The second-order valence-corrected chi connectivity index (χ2v) is 5.60. The van der Waals surface area contributed by atoms with Crippen LogP contribution in [0.15, 0.2) is 59.1 Å². The van der Waals surface area contributed by atoms with Crippen molar-refractivity contribution in [2.24, 2.45) is 0 Å². The monoisotopic (exact) mass is 406 g/mol. The lowest BCUT2D eigenvalue weighted by Gasteiger charge is -2.03. The molecule has 0 saturated carbocycles. The van der Waals surface area contributed by atoms with Gasteiger partial charge in [-0.3, -0.25) is 0 Å². The molecule has 0 radical (unpaired) electrons. The van der Waals surface area contributed by atoms with Crippen LogP contribution in [0.4, 0.5) is 0 Å². The number of esters is 1. The summed E-state index contributed by atoms with van der Waals surface area (Å²) in [5.74, 6) is 0.323. The van der Waals surface area contributed by atoms with E-state index in [0.717, 1.165) is 9.13 Å². The minimum Gasteiger partial charge on any atom is -0.452 e. The zero-order chi connectivity index (χ0) is 15.4. The number of ether oxygens (including phenoxy) is 1.